The topological polar surface area (TPSA) is 24.9 Å². The molecule has 1 atom stereocenters. The summed E-state index contributed by atoms with van der Waals surface area (Å²) in [5.41, 5.74) is 2.20. The van der Waals surface area contributed by atoms with Gasteiger partial charge in [-0.15, -0.1) is 0 Å². The summed E-state index contributed by atoms with van der Waals surface area (Å²) in [7, 11) is 0. The zero-order valence-electron chi connectivity index (χ0n) is 10.0. The van der Waals surface area contributed by atoms with E-state index in [0.717, 1.165) is 21.7 Å². The van der Waals surface area contributed by atoms with Crippen LogP contribution in [-0.4, -0.2) is 4.98 Å². The number of rotatable bonds is 4. The van der Waals surface area contributed by atoms with Crippen molar-refractivity contribution in [2.24, 2.45) is 0 Å². The van der Waals surface area contributed by atoms with E-state index in [4.69, 9.17) is 11.6 Å². The Labute approximate surface area is 121 Å². The molecule has 18 heavy (non-hydrogen) atoms. The molecule has 0 aliphatic heterocycles. The van der Waals surface area contributed by atoms with Crippen molar-refractivity contribution >= 4 is 27.5 Å². The third-order valence-corrected chi connectivity index (χ3v) is 3.43. The maximum Gasteiger partial charge on any atom is 0.0542 e. The highest BCUT2D eigenvalue weighted by atomic mass is 79.9. The Bertz CT molecular complexity index is 513. The Kier molecular flexibility index (Phi) is 4.75. The van der Waals surface area contributed by atoms with E-state index < -0.39 is 0 Å². The van der Waals surface area contributed by atoms with Gasteiger partial charge in [0.2, 0.25) is 0 Å². The number of benzene rings is 1. The lowest BCUT2D eigenvalue weighted by molar-refractivity contribution is 0.568. The summed E-state index contributed by atoms with van der Waals surface area (Å²) in [5.74, 6) is 0. The molecule has 1 heterocycles. The molecule has 2 rings (SSSR count). The summed E-state index contributed by atoms with van der Waals surface area (Å²) in [4.78, 5) is 4.33. The summed E-state index contributed by atoms with van der Waals surface area (Å²) in [6, 6.07) is 12.1. The van der Waals surface area contributed by atoms with Gasteiger partial charge in [-0.2, -0.15) is 0 Å². The van der Waals surface area contributed by atoms with Gasteiger partial charge in [0.25, 0.3) is 0 Å². The number of hydrogen-bond acceptors (Lipinski definition) is 2. The van der Waals surface area contributed by atoms with Crippen molar-refractivity contribution in [3.63, 3.8) is 0 Å². The van der Waals surface area contributed by atoms with Gasteiger partial charge in [-0.1, -0.05) is 23.7 Å². The van der Waals surface area contributed by atoms with E-state index in [1.54, 1.807) is 6.20 Å². The Balaban J connectivity index is 1.96. The van der Waals surface area contributed by atoms with Crippen LogP contribution in [0.5, 0.6) is 0 Å². The number of aromatic nitrogens is 1. The van der Waals surface area contributed by atoms with Crippen molar-refractivity contribution in [3.8, 4) is 0 Å². The second-order valence-corrected chi connectivity index (χ2v) is 5.48. The Morgan fingerprint density at radius 3 is 2.83 bits per heavy atom. The molecule has 0 amide bonds. The lowest BCUT2D eigenvalue weighted by atomic mass is 10.1. The van der Waals surface area contributed by atoms with Gasteiger partial charge in [0.05, 0.1) is 5.69 Å². The lowest BCUT2D eigenvalue weighted by Crippen LogP contribution is -2.18. The molecule has 94 valence electrons. The van der Waals surface area contributed by atoms with Crippen LogP contribution in [0.25, 0.3) is 0 Å². The molecule has 0 saturated heterocycles. The molecule has 1 N–H and O–H groups in total. The molecule has 0 aliphatic carbocycles. The summed E-state index contributed by atoms with van der Waals surface area (Å²) in [6.07, 6.45) is 1.81. The average molecular weight is 326 g/mol. The van der Waals surface area contributed by atoms with Crippen LogP contribution < -0.4 is 5.32 Å². The summed E-state index contributed by atoms with van der Waals surface area (Å²) in [5, 5.41) is 4.19. The molecule has 0 radical (unpaired) electrons. The highest BCUT2D eigenvalue weighted by molar-refractivity contribution is 9.10. The van der Waals surface area contributed by atoms with Gasteiger partial charge in [-0.25, -0.2) is 0 Å². The van der Waals surface area contributed by atoms with Crippen molar-refractivity contribution in [3.05, 3.63) is 63.3 Å². The van der Waals surface area contributed by atoms with Crippen LogP contribution in [0.4, 0.5) is 0 Å². The fourth-order valence-electron chi connectivity index (χ4n) is 1.66. The molecule has 1 unspecified atom stereocenters. The standard InChI is InChI=1S/C14H14BrClN2/c1-10(11-3-2-4-13(16)7-11)17-9-14-6-5-12(15)8-18-14/h2-8,10,17H,9H2,1H3. The molecular formula is C14H14BrClN2. The Hall–Kier alpha value is -0.900. The van der Waals surface area contributed by atoms with Crippen molar-refractivity contribution < 1.29 is 0 Å². The van der Waals surface area contributed by atoms with Gasteiger partial charge in [0.1, 0.15) is 0 Å². The van der Waals surface area contributed by atoms with E-state index >= 15 is 0 Å². The van der Waals surface area contributed by atoms with E-state index in [1.807, 2.05) is 30.3 Å². The molecule has 0 spiro atoms. The molecule has 0 fully saturated rings. The normalized spacial score (nSPS) is 12.4. The maximum absolute atomic E-state index is 5.98. The number of nitrogens with one attached hydrogen (secondary N) is 1. The predicted octanol–water partition coefficient (Wildman–Crippen LogP) is 4.35. The first kappa shape index (κ1) is 13.5. The van der Waals surface area contributed by atoms with Crippen molar-refractivity contribution in [2.45, 2.75) is 19.5 Å². The van der Waals surface area contributed by atoms with Crippen LogP contribution in [0.1, 0.15) is 24.2 Å². The largest absolute Gasteiger partial charge is 0.305 e. The molecule has 2 nitrogen and oxygen atoms in total. The zero-order chi connectivity index (χ0) is 13.0. The van der Waals surface area contributed by atoms with Gasteiger partial charge in [0, 0.05) is 28.3 Å². The first-order valence-electron chi connectivity index (χ1n) is 5.74. The molecule has 0 bridgehead atoms. The second-order valence-electron chi connectivity index (χ2n) is 4.13. The first-order chi connectivity index (χ1) is 8.65. The number of halogens is 2. The SMILES string of the molecule is CC(NCc1ccc(Br)cn1)c1cccc(Cl)c1. The Morgan fingerprint density at radius 2 is 2.17 bits per heavy atom. The molecule has 2 aromatic rings. The highest BCUT2D eigenvalue weighted by Gasteiger charge is 2.05. The fraction of sp³-hybridized carbons (Fsp3) is 0.214. The third kappa shape index (κ3) is 3.80. The predicted molar refractivity (Wildman–Crippen MR) is 78.6 cm³/mol. The third-order valence-electron chi connectivity index (χ3n) is 2.73. The molecular weight excluding hydrogens is 312 g/mol. The van der Waals surface area contributed by atoms with Gasteiger partial charge >= 0.3 is 0 Å². The molecule has 4 heteroatoms. The maximum atomic E-state index is 5.98. The number of pyridine rings is 1. The minimum atomic E-state index is 0.245. The summed E-state index contributed by atoms with van der Waals surface area (Å²) < 4.78 is 0.995. The van der Waals surface area contributed by atoms with Crippen LogP contribution in [-0.2, 0) is 6.54 Å². The van der Waals surface area contributed by atoms with Gasteiger partial charge < -0.3 is 5.32 Å². The zero-order valence-corrected chi connectivity index (χ0v) is 12.4. The number of hydrogen-bond donors (Lipinski definition) is 1. The van der Waals surface area contributed by atoms with Gasteiger partial charge in [-0.05, 0) is 52.7 Å². The van der Waals surface area contributed by atoms with Gasteiger partial charge in [0.15, 0.2) is 0 Å². The molecule has 0 saturated carbocycles. The van der Waals surface area contributed by atoms with Crippen molar-refractivity contribution in [1.29, 1.82) is 0 Å². The quantitative estimate of drug-likeness (QED) is 0.904. The minimum absolute atomic E-state index is 0.245. The van der Waals surface area contributed by atoms with Crippen LogP contribution in [0.15, 0.2) is 47.1 Å². The smallest absolute Gasteiger partial charge is 0.0542 e. The van der Waals surface area contributed by atoms with Crippen molar-refractivity contribution in [2.75, 3.05) is 0 Å². The fourth-order valence-corrected chi connectivity index (χ4v) is 2.10. The van der Waals surface area contributed by atoms with Crippen LogP contribution in [0, 0.1) is 0 Å². The second kappa shape index (κ2) is 6.32. The van der Waals surface area contributed by atoms with Gasteiger partial charge in [-0.3, -0.25) is 4.98 Å². The van der Waals surface area contributed by atoms with Crippen LogP contribution in [0.2, 0.25) is 5.02 Å². The van der Waals surface area contributed by atoms with Crippen LogP contribution in [0.3, 0.4) is 0 Å². The van der Waals surface area contributed by atoms with E-state index in [1.165, 1.54) is 5.56 Å². The Morgan fingerprint density at radius 1 is 1.33 bits per heavy atom. The van der Waals surface area contributed by atoms with E-state index in [0.29, 0.717) is 0 Å². The highest BCUT2D eigenvalue weighted by Crippen LogP contribution is 2.17. The van der Waals surface area contributed by atoms with E-state index in [9.17, 15) is 0 Å². The lowest BCUT2D eigenvalue weighted by Gasteiger charge is -2.14. The first-order valence-corrected chi connectivity index (χ1v) is 6.91. The van der Waals surface area contributed by atoms with E-state index in [2.05, 4.69) is 39.2 Å². The van der Waals surface area contributed by atoms with E-state index in [-0.39, 0.29) is 6.04 Å². The summed E-state index contributed by atoms with van der Waals surface area (Å²) in [6.45, 7) is 2.85. The summed E-state index contributed by atoms with van der Waals surface area (Å²) >= 11 is 9.35. The molecule has 0 aliphatic rings. The molecule has 1 aromatic carbocycles. The van der Waals surface area contributed by atoms with Crippen molar-refractivity contribution in [1.82, 2.24) is 10.3 Å². The van der Waals surface area contributed by atoms with Crippen LogP contribution >= 0.6 is 27.5 Å². The molecule has 1 aromatic heterocycles. The average Bonchev–Trinajstić information content (AvgIpc) is 2.38. The monoisotopic (exact) mass is 324 g/mol. The minimum Gasteiger partial charge on any atom is -0.305 e. The number of nitrogens with zero attached hydrogens (tertiary/aromatic N) is 1.